The molecule has 0 aromatic heterocycles. The van der Waals surface area contributed by atoms with E-state index in [1.54, 1.807) is 6.07 Å². The van der Waals surface area contributed by atoms with Gasteiger partial charge in [-0.2, -0.15) is 0 Å². The molecule has 0 radical (unpaired) electrons. The Morgan fingerprint density at radius 1 is 1.27 bits per heavy atom. The number of benzene rings is 1. The van der Waals surface area contributed by atoms with Crippen molar-refractivity contribution in [3.05, 3.63) is 17.7 Å². The third-order valence-electron chi connectivity index (χ3n) is 2.19. The van der Waals surface area contributed by atoms with Gasteiger partial charge in [-0.3, -0.25) is 0 Å². The molecule has 15 heavy (non-hydrogen) atoms. The van der Waals surface area contributed by atoms with Crippen LogP contribution in [0, 0.1) is 0 Å². The van der Waals surface area contributed by atoms with Crippen LogP contribution in [0.3, 0.4) is 0 Å². The lowest BCUT2D eigenvalue weighted by atomic mass is 10.2. The molecule has 2 N–H and O–H groups in total. The quantitative estimate of drug-likeness (QED) is 0.720. The number of aromatic hydroxyl groups is 2. The van der Waals surface area contributed by atoms with Crippen LogP contribution in [0.15, 0.2) is 12.1 Å². The van der Waals surface area contributed by atoms with Crippen molar-refractivity contribution in [2.45, 2.75) is 6.29 Å². The summed E-state index contributed by atoms with van der Waals surface area (Å²) in [5, 5.41) is 18.8. The SMILES string of the molecule is COc1cc(C2OCCO2)cc(O)c1O. The van der Waals surface area contributed by atoms with E-state index in [9.17, 15) is 10.2 Å². The first-order valence-electron chi connectivity index (χ1n) is 4.55. The first-order valence-corrected chi connectivity index (χ1v) is 4.55. The Hall–Kier alpha value is -1.46. The molecule has 0 amide bonds. The lowest BCUT2D eigenvalue weighted by molar-refractivity contribution is -0.0443. The molecule has 1 aliphatic rings. The number of phenolic OH excluding ortho intramolecular Hbond substituents is 2. The summed E-state index contributed by atoms with van der Waals surface area (Å²) in [5.41, 5.74) is 0.625. The van der Waals surface area contributed by atoms with Crippen LogP contribution in [-0.4, -0.2) is 30.5 Å². The van der Waals surface area contributed by atoms with Gasteiger partial charge in [-0.05, 0) is 12.1 Å². The fourth-order valence-electron chi connectivity index (χ4n) is 1.46. The van der Waals surface area contributed by atoms with Crippen LogP contribution in [-0.2, 0) is 9.47 Å². The van der Waals surface area contributed by atoms with Gasteiger partial charge in [-0.25, -0.2) is 0 Å². The average molecular weight is 212 g/mol. The highest BCUT2D eigenvalue weighted by Gasteiger charge is 2.21. The summed E-state index contributed by atoms with van der Waals surface area (Å²) in [5.74, 6) is -0.327. The monoisotopic (exact) mass is 212 g/mol. The van der Waals surface area contributed by atoms with Crippen molar-refractivity contribution in [2.24, 2.45) is 0 Å². The molecule has 1 heterocycles. The number of ether oxygens (including phenoxy) is 3. The first-order chi connectivity index (χ1) is 7.22. The molecule has 1 aliphatic heterocycles. The molecule has 1 saturated heterocycles. The van der Waals surface area contributed by atoms with Crippen molar-refractivity contribution in [2.75, 3.05) is 20.3 Å². The zero-order valence-electron chi connectivity index (χ0n) is 8.27. The maximum atomic E-state index is 9.43. The van der Waals surface area contributed by atoms with Crippen LogP contribution in [0.2, 0.25) is 0 Å². The summed E-state index contributed by atoms with van der Waals surface area (Å²) in [4.78, 5) is 0. The number of phenols is 2. The summed E-state index contributed by atoms with van der Waals surface area (Å²) in [6.07, 6.45) is -0.495. The van der Waals surface area contributed by atoms with E-state index in [0.29, 0.717) is 18.8 Å². The van der Waals surface area contributed by atoms with Crippen LogP contribution in [0.25, 0.3) is 0 Å². The van der Waals surface area contributed by atoms with Crippen LogP contribution < -0.4 is 4.74 Å². The zero-order chi connectivity index (χ0) is 10.8. The highest BCUT2D eigenvalue weighted by molar-refractivity contribution is 5.52. The van der Waals surface area contributed by atoms with E-state index >= 15 is 0 Å². The molecule has 0 unspecified atom stereocenters. The van der Waals surface area contributed by atoms with E-state index in [2.05, 4.69) is 0 Å². The van der Waals surface area contributed by atoms with Crippen molar-refractivity contribution >= 4 is 0 Å². The summed E-state index contributed by atoms with van der Waals surface area (Å²) in [7, 11) is 1.41. The number of rotatable bonds is 2. The standard InChI is InChI=1S/C10H12O5/c1-13-8-5-6(4-7(11)9(8)12)10-14-2-3-15-10/h4-5,10-12H,2-3H2,1H3. The maximum Gasteiger partial charge on any atom is 0.200 e. The van der Waals surface area contributed by atoms with Gasteiger partial charge in [0.1, 0.15) is 0 Å². The Morgan fingerprint density at radius 3 is 2.53 bits per heavy atom. The number of hydrogen-bond donors (Lipinski definition) is 2. The van der Waals surface area contributed by atoms with Gasteiger partial charge in [-0.15, -0.1) is 0 Å². The van der Waals surface area contributed by atoms with Gasteiger partial charge in [-0.1, -0.05) is 0 Å². The van der Waals surface area contributed by atoms with Crippen molar-refractivity contribution in [3.8, 4) is 17.2 Å². The third-order valence-corrected chi connectivity index (χ3v) is 2.19. The zero-order valence-corrected chi connectivity index (χ0v) is 8.27. The maximum absolute atomic E-state index is 9.43. The minimum atomic E-state index is -0.495. The molecule has 5 nitrogen and oxygen atoms in total. The highest BCUT2D eigenvalue weighted by atomic mass is 16.7. The normalized spacial score (nSPS) is 16.9. The van der Waals surface area contributed by atoms with Gasteiger partial charge >= 0.3 is 0 Å². The van der Waals surface area contributed by atoms with Crippen molar-refractivity contribution in [1.29, 1.82) is 0 Å². The molecular weight excluding hydrogens is 200 g/mol. The fraction of sp³-hybridized carbons (Fsp3) is 0.400. The van der Waals surface area contributed by atoms with E-state index < -0.39 is 6.29 Å². The predicted octanol–water partition coefficient (Wildman–Crippen LogP) is 1.15. The Bertz CT molecular complexity index is 357. The van der Waals surface area contributed by atoms with E-state index in [1.807, 2.05) is 0 Å². The van der Waals surface area contributed by atoms with Gasteiger partial charge in [0.05, 0.1) is 20.3 Å². The first kappa shape index (κ1) is 10.1. The summed E-state index contributed by atoms with van der Waals surface area (Å²) < 4.78 is 15.4. The largest absolute Gasteiger partial charge is 0.504 e. The lowest BCUT2D eigenvalue weighted by Crippen LogP contribution is -1.98. The molecule has 0 saturated carbocycles. The van der Waals surface area contributed by atoms with Gasteiger partial charge in [0.25, 0.3) is 0 Å². The number of hydrogen-bond acceptors (Lipinski definition) is 5. The topological polar surface area (TPSA) is 68.2 Å². The minimum absolute atomic E-state index is 0.198. The summed E-state index contributed by atoms with van der Waals surface area (Å²) in [6, 6.07) is 2.97. The Morgan fingerprint density at radius 2 is 1.93 bits per heavy atom. The second-order valence-electron chi connectivity index (χ2n) is 3.16. The Balaban J connectivity index is 2.35. The van der Waals surface area contributed by atoms with E-state index in [1.165, 1.54) is 13.2 Å². The van der Waals surface area contributed by atoms with Crippen LogP contribution in [0.4, 0.5) is 0 Å². The van der Waals surface area contributed by atoms with Crippen molar-refractivity contribution in [1.82, 2.24) is 0 Å². The summed E-state index contributed by atoms with van der Waals surface area (Å²) >= 11 is 0. The predicted molar refractivity (Wildman–Crippen MR) is 51.0 cm³/mol. The lowest BCUT2D eigenvalue weighted by Gasteiger charge is -2.12. The molecular formula is C10H12O5. The molecule has 1 aromatic carbocycles. The van der Waals surface area contributed by atoms with Gasteiger partial charge in [0.2, 0.25) is 5.75 Å². The summed E-state index contributed by atoms with van der Waals surface area (Å²) in [6.45, 7) is 1.04. The second kappa shape index (κ2) is 3.96. The minimum Gasteiger partial charge on any atom is -0.504 e. The third kappa shape index (κ3) is 1.84. The van der Waals surface area contributed by atoms with Crippen molar-refractivity contribution < 1.29 is 24.4 Å². The molecule has 5 heteroatoms. The van der Waals surface area contributed by atoms with Gasteiger partial charge < -0.3 is 24.4 Å². The average Bonchev–Trinajstić information content (AvgIpc) is 2.75. The molecule has 2 rings (SSSR count). The molecule has 1 aromatic rings. The van der Waals surface area contributed by atoms with Crippen LogP contribution >= 0.6 is 0 Å². The van der Waals surface area contributed by atoms with Gasteiger partial charge in [0.15, 0.2) is 17.8 Å². The smallest absolute Gasteiger partial charge is 0.200 e. The molecule has 0 atom stereocenters. The van der Waals surface area contributed by atoms with E-state index in [0.717, 1.165) is 0 Å². The molecule has 0 aliphatic carbocycles. The molecule has 1 fully saturated rings. The van der Waals surface area contributed by atoms with E-state index in [-0.39, 0.29) is 17.2 Å². The molecule has 0 bridgehead atoms. The van der Waals surface area contributed by atoms with Crippen LogP contribution in [0.1, 0.15) is 11.9 Å². The fourth-order valence-corrected chi connectivity index (χ4v) is 1.46. The molecule has 0 spiro atoms. The van der Waals surface area contributed by atoms with Gasteiger partial charge in [0, 0.05) is 5.56 Å². The van der Waals surface area contributed by atoms with E-state index in [4.69, 9.17) is 14.2 Å². The highest BCUT2D eigenvalue weighted by Crippen LogP contribution is 2.39. The van der Waals surface area contributed by atoms with Crippen LogP contribution in [0.5, 0.6) is 17.2 Å². The Labute approximate surface area is 86.8 Å². The Kier molecular flexibility index (Phi) is 2.66. The molecule has 82 valence electrons. The van der Waals surface area contributed by atoms with Crippen molar-refractivity contribution in [3.63, 3.8) is 0 Å². The second-order valence-corrected chi connectivity index (χ2v) is 3.16. The number of methoxy groups -OCH3 is 1.